The Labute approximate surface area is 176 Å². The lowest BCUT2D eigenvalue weighted by Crippen LogP contribution is -2.36. The molecule has 30 heavy (non-hydrogen) atoms. The van der Waals surface area contributed by atoms with E-state index in [2.05, 4.69) is 11.9 Å². The van der Waals surface area contributed by atoms with Crippen molar-refractivity contribution in [3.8, 4) is 17.5 Å². The highest BCUT2D eigenvalue weighted by Crippen LogP contribution is 2.28. The summed E-state index contributed by atoms with van der Waals surface area (Å²) in [4.78, 5) is 24.3. The second-order valence-electron chi connectivity index (χ2n) is 6.58. The SMILES string of the molecule is C=CCNC(=O)[C@@H](C)OC(=O)/C(C#N)=C/c1cc(C)n(-c2ccccc2OC)c1C. The second kappa shape index (κ2) is 10.1. The van der Waals surface area contributed by atoms with Gasteiger partial charge in [-0.25, -0.2) is 4.79 Å². The average Bonchev–Trinajstić information content (AvgIpc) is 3.02. The maximum atomic E-state index is 12.4. The summed E-state index contributed by atoms with van der Waals surface area (Å²) < 4.78 is 12.6. The number of aryl methyl sites for hydroxylation is 1. The van der Waals surface area contributed by atoms with Gasteiger partial charge in [-0.15, -0.1) is 6.58 Å². The van der Waals surface area contributed by atoms with Gasteiger partial charge in [-0.2, -0.15) is 5.26 Å². The van der Waals surface area contributed by atoms with Gasteiger partial charge in [0.05, 0.1) is 12.8 Å². The van der Waals surface area contributed by atoms with Crippen LogP contribution in [0.1, 0.15) is 23.9 Å². The molecular weight excluding hydrogens is 382 g/mol. The third-order valence-electron chi connectivity index (χ3n) is 4.51. The molecule has 1 aromatic carbocycles. The fourth-order valence-corrected chi connectivity index (χ4v) is 3.01. The molecule has 0 unspecified atom stereocenters. The van der Waals surface area contributed by atoms with E-state index < -0.39 is 18.0 Å². The fraction of sp³-hybridized carbons (Fsp3) is 0.261. The van der Waals surface area contributed by atoms with E-state index in [4.69, 9.17) is 9.47 Å². The summed E-state index contributed by atoms with van der Waals surface area (Å²) in [5, 5.41) is 12.0. The number of nitriles is 1. The molecule has 1 aromatic heterocycles. The molecule has 0 bridgehead atoms. The van der Waals surface area contributed by atoms with Crippen LogP contribution in [0.3, 0.4) is 0 Å². The first-order valence-electron chi connectivity index (χ1n) is 9.37. The number of amides is 1. The van der Waals surface area contributed by atoms with E-state index in [1.54, 1.807) is 7.11 Å². The number of para-hydroxylation sites is 2. The van der Waals surface area contributed by atoms with Gasteiger partial charge in [0.1, 0.15) is 17.4 Å². The van der Waals surface area contributed by atoms with Crippen molar-refractivity contribution in [3.63, 3.8) is 0 Å². The van der Waals surface area contributed by atoms with Gasteiger partial charge >= 0.3 is 5.97 Å². The largest absolute Gasteiger partial charge is 0.495 e. The van der Waals surface area contributed by atoms with Gasteiger partial charge in [0.2, 0.25) is 0 Å². The van der Waals surface area contributed by atoms with Crippen molar-refractivity contribution < 1.29 is 19.1 Å². The molecule has 2 rings (SSSR count). The van der Waals surface area contributed by atoms with Gasteiger partial charge in [-0.05, 0) is 50.6 Å². The lowest BCUT2D eigenvalue weighted by atomic mass is 10.1. The van der Waals surface area contributed by atoms with Crippen molar-refractivity contribution in [1.82, 2.24) is 9.88 Å². The molecule has 0 saturated carbocycles. The van der Waals surface area contributed by atoms with Gasteiger partial charge in [0.25, 0.3) is 5.91 Å². The molecule has 7 nitrogen and oxygen atoms in total. The van der Waals surface area contributed by atoms with E-state index in [0.29, 0.717) is 11.3 Å². The number of rotatable bonds is 8. The summed E-state index contributed by atoms with van der Waals surface area (Å²) in [5.41, 5.74) is 3.08. The van der Waals surface area contributed by atoms with Crippen LogP contribution in [-0.2, 0) is 14.3 Å². The van der Waals surface area contributed by atoms with E-state index in [1.807, 2.05) is 54.8 Å². The van der Waals surface area contributed by atoms with E-state index >= 15 is 0 Å². The number of esters is 1. The third kappa shape index (κ3) is 4.97. The molecule has 1 atom stereocenters. The molecule has 2 aromatic rings. The number of hydrogen-bond donors (Lipinski definition) is 1. The maximum absolute atomic E-state index is 12.4. The molecular formula is C23H25N3O4. The molecule has 1 heterocycles. The topological polar surface area (TPSA) is 93.4 Å². The van der Waals surface area contributed by atoms with Gasteiger partial charge in [0.15, 0.2) is 6.10 Å². The Hall–Kier alpha value is -3.79. The molecule has 0 spiro atoms. The van der Waals surface area contributed by atoms with Crippen molar-refractivity contribution in [1.29, 1.82) is 5.26 Å². The van der Waals surface area contributed by atoms with E-state index in [1.165, 1.54) is 19.1 Å². The van der Waals surface area contributed by atoms with E-state index in [0.717, 1.165) is 17.1 Å². The Bertz CT molecular complexity index is 1030. The Morgan fingerprint density at radius 1 is 1.33 bits per heavy atom. The average molecular weight is 407 g/mol. The molecule has 1 amide bonds. The molecule has 0 radical (unpaired) electrons. The zero-order chi connectivity index (χ0) is 22.3. The highest BCUT2D eigenvalue weighted by Gasteiger charge is 2.21. The van der Waals surface area contributed by atoms with Gasteiger partial charge in [-0.3, -0.25) is 4.79 Å². The molecule has 0 aliphatic heterocycles. The summed E-state index contributed by atoms with van der Waals surface area (Å²) in [6.45, 7) is 9.02. The summed E-state index contributed by atoms with van der Waals surface area (Å²) in [6, 6.07) is 11.3. The number of methoxy groups -OCH3 is 1. The Morgan fingerprint density at radius 3 is 2.67 bits per heavy atom. The van der Waals surface area contributed by atoms with Crippen LogP contribution in [0.5, 0.6) is 5.75 Å². The fourth-order valence-electron chi connectivity index (χ4n) is 3.01. The van der Waals surface area contributed by atoms with Crippen molar-refractivity contribution in [2.45, 2.75) is 26.9 Å². The van der Waals surface area contributed by atoms with Crippen molar-refractivity contribution in [2.24, 2.45) is 0 Å². The zero-order valence-corrected chi connectivity index (χ0v) is 17.6. The van der Waals surface area contributed by atoms with Gasteiger partial charge in [-0.1, -0.05) is 18.2 Å². The van der Waals surface area contributed by atoms with Crippen LogP contribution in [-0.4, -0.2) is 36.2 Å². The van der Waals surface area contributed by atoms with Gasteiger partial charge < -0.3 is 19.4 Å². The monoisotopic (exact) mass is 407 g/mol. The smallest absolute Gasteiger partial charge is 0.349 e. The number of carbonyl (C=O) groups is 2. The molecule has 156 valence electrons. The first-order chi connectivity index (χ1) is 14.3. The van der Waals surface area contributed by atoms with Crippen LogP contribution >= 0.6 is 0 Å². The van der Waals surface area contributed by atoms with Crippen LogP contribution in [0.25, 0.3) is 11.8 Å². The molecule has 0 aliphatic rings. The highest BCUT2D eigenvalue weighted by atomic mass is 16.5. The van der Waals surface area contributed by atoms with E-state index in [9.17, 15) is 14.9 Å². The Balaban J connectivity index is 2.33. The van der Waals surface area contributed by atoms with Crippen LogP contribution in [0.2, 0.25) is 0 Å². The first-order valence-corrected chi connectivity index (χ1v) is 9.37. The highest BCUT2D eigenvalue weighted by molar-refractivity contribution is 5.99. The van der Waals surface area contributed by atoms with Crippen molar-refractivity contribution in [2.75, 3.05) is 13.7 Å². The molecule has 0 fully saturated rings. The second-order valence-corrected chi connectivity index (χ2v) is 6.58. The Kier molecular flexibility index (Phi) is 7.59. The number of benzene rings is 1. The number of carbonyl (C=O) groups excluding carboxylic acids is 2. The number of aromatic nitrogens is 1. The summed E-state index contributed by atoms with van der Waals surface area (Å²) in [6.07, 6.45) is 1.95. The Morgan fingerprint density at radius 2 is 2.03 bits per heavy atom. The lowest BCUT2D eigenvalue weighted by molar-refractivity contribution is -0.150. The van der Waals surface area contributed by atoms with Crippen LogP contribution in [0, 0.1) is 25.2 Å². The minimum Gasteiger partial charge on any atom is -0.495 e. The number of ether oxygens (including phenoxy) is 2. The number of nitrogens with one attached hydrogen (secondary N) is 1. The summed E-state index contributed by atoms with van der Waals surface area (Å²) in [5.74, 6) is -0.621. The normalized spacial score (nSPS) is 11.9. The summed E-state index contributed by atoms with van der Waals surface area (Å²) >= 11 is 0. The van der Waals surface area contributed by atoms with Gasteiger partial charge in [0, 0.05) is 17.9 Å². The third-order valence-corrected chi connectivity index (χ3v) is 4.51. The maximum Gasteiger partial charge on any atom is 0.349 e. The van der Waals surface area contributed by atoms with Crippen LogP contribution in [0.15, 0.2) is 48.6 Å². The zero-order valence-electron chi connectivity index (χ0n) is 17.6. The molecule has 1 N–H and O–H groups in total. The minimum absolute atomic E-state index is 0.196. The van der Waals surface area contributed by atoms with Crippen LogP contribution < -0.4 is 10.1 Å². The van der Waals surface area contributed by atoms with Crippen LogP contribution in [0.4, 0.5) is 0 Å². The number of nitrogens with zero attached hydrogens (tertiary/aromatic N) is 2. The predicted octanol–water partition coefficient (Wildman–Crippen LogP) is 3.24. The number of hydrogen-bond acceptors (Lipinski definition) is 5. The molecule has 0 saturated heterocycles. The minimum atomic E-state index is -1.03. The predicted molar refractivity (Wildman–Crippen MR) is 114 cm³/mol. The lowest BCUT2D eigenvalue weighted by Gasteiger charge is -2.14. The molecule has 0 aliphatic carbocycles. The quantitative estimate of drug-likeness (QED) is 0.314. The summed E-state index contributed by atoms with van der Waals surface area (Å²) in [7, 11) is 1.60. The van der Waals surface area contributed by atoms with E-state index in [-0.39, 0.29) is 12.1 Å². The first kappa shape index (κ1) is 22.5. The van der Waals surface area contributed by atoms with Crippen molar-refractivity contribution >= 4 is 18.0 Å². The molecule has 7 heteroatoms. The van der Waals surface area contributed by atoms with Crippen molar-refractivity contribution in [3.05, 3.63) is 65.5 Å². The standard InChI is InChI=1S/C23H25N3O4/c1-6-11-25-22(27)17(4)30-23(28)19(14-24)13-18-12-15(2)26(16(18)3)20-9-7-8-10-21(20)29-5/h6-10,12-13,17H,1,11H2,2-5H3,(H,25,27)/b19-13+/t17-/m1/s1.